The first kappa shape index (κ1) is 21.8. The predicted octanol–water partition coefficient (Wildman–Crippen LogP) is 3.52. The van der Waals surface area contributed by atoms with Gasteiger partial charge >= 0.3 is 0 Å². The average Bonchev–Trinajstić information content (AvgIpc) is 3.38. The summed E-state index contributed by atoms with van der Waals surface area (Å²) in [5.41, 5.74) is 9.20. The van der Waals surface area contributed by atoms with Crippen LogP contribution in [-0.2, 0) is 13.0 Å². The molecule has 0 aliphatic rings. The van der Waals surface area contributed by atoms with Crippen molar-refractivity contribution in [3.05, 3.63) is 114 Å². The number of benzene rings is 3. The molecule has 3 N–H and O–H groups in total. The van der Waals surface area contributed by atoms with Gasteiger partial charge in [0.1, 0.15) is 12.4 Å². The van der Waals surface area contributed by atoms with E-state index in [4.69, 9.17) is 10.5 Å². The lowest BCUT2D eigenvalue weighted by molar-refractivity contribution is 0.0952. The third-order valence-electron chi connectivity index (χ3n) is 5.14. The fraction of sp³-hybridized carbons (Fsp3) is 0.115. The van der Waals surface area contributed by atoms with Crippen LogP contribution in [-0.4, -0.2) is 28.1 Å². The molecule has 0 fully saturated rings. The zero-order chi connectivity index (χ0) is 23.0. The molecule has 1 heterocycles. The van der Waals surface area contributed by atoms with E-state index < -0.39 is 5.91 Å². The molecule has 0 spiro atoms. The van der Waals surface area contributed by atoms with E-state index in [2.05, 4.69) is 10.4 Å². The number of aromatic nitrogens is 2. The molecular weight excluding hydrogens is 416 g/mol. The van der Waals surface area contributed by atoms with Crippen LogP contribution in [0.25, 0.3) is 5.69 Å². The molecule has 0 saturated carbocycles. The quantitative estimate of drug-likeness (QED) is 0.416. The maximum absolute atomic E-state index is 12.6. The maximum Gasteiger partial charge on any atom is 0.252 e. The summed E-state index contributed by atoms with van der Waals surface area (Å²) in [4.78, 5) is 24.1. The van der Waals surface area contributed by atoms with Crippen LogP contribution in [0.3, 0.4) is 0 Å². The Morgan fingerprint density at radius 2 is 1.76 bits per heavy atom. The number of hydrogen-bond acceptors (Lipinski definition) is 4. The van der Waals surface area contributed by atoms with Gasteiger partial charge in [-0.3, -0.25) is 9.59 Å². The molecule has 7 nitrogen and oxygen atoms in total. The number of nitrogens with zero attached hydrogens (tertiary/aromatic N) is 2. The highest BCUT2D eigenvalue weighted by Crippen LogP contribution is 2.19. The van der Waals surface area contributed by atoms with Crippen LogP contribution in [0, 0.1) is 0 Å². The summed E-state index contributed by atoms with van der Waals surface area (Å²) in [5.74, 6) is -0.282. The first-order chi connectivity index (χ1) is 16.1. The monoisotopic (exact) mass is 440 g/mol. The van der Waals surface area contributed by atoms with Crippen molar-refractivity contribution in [3.63, 3.8) is 0 Å². The molecule has 3 aromatic carbocycles. The Kier molecular flexibility index (Phi) is 6.80. The number of primary amides is 1. The summed E-state index contributed by atoms with van der Waals surface area (Å²) < 4.78 is 7.56. The molecule has 0 atom stereocenters. The van der Waals surface area contributed by atoms with Crippen LogP contribution < -0.4 is 15.8 Å². The van der Waals surface area contributed by atoms with E-state index in [0.29, 0.717) is 23.4 Å². The molecule has 1 aromatic heterocycles. The molecule has 2 amide bonds. The van der Waals surface area contributed by atoms with E-state index in [1.807, 2.05) is 48.7 Å². The first-order valence-corrected chi connectivity index (χ1v) is 10.6. The summed E-state index contributed by atoms with van der Waals surface area (Å²) >= 11 is 0. The molecule has 0 bridgehead atoms. The highest BCUT2D eigenvalue weighted by Gasteiger charge is 2.10. The lowest BCUT2D eigenvalue weighted by atomic mass is 10.1. The van der Waals surface area contributed by atoms with E-state index in [9.17, 15) is 9.59 Å². The normalized spacial score (nSPS) is 10.5. The summed E-state index contributed by atoms with van der Waals surface area (Å²) in [6.07, 6.45) is 4.35. The summed E-state index contributed by atoms with van der Waals surface area (Å²) in [6.45, 7) is 0.737. The molecule has 4 aromatic rings. The van der Waals surface area contributed by atoms with Crippen LogP contribution in [0.15, 0.2) is 91.3 Å². The average molecular weight is 441 g/mol. The standard InChI is InChI=1S/C26H24N4O3/c27-25(31)23-7-1-2-8-24(23)33-18-20-5-3-6-21(17-20)26(32)28-15-13-19-9-11-22(12-10-19)30-16-4-14-29-30/h1-12,14,16-17H,13,15,18H2,(H2,27,31)(H,28,32). The smallest absolute Gasteiger partial charge is 0.252 e. The van der Waals surface area contributed by atoms with Crippen molar-refractivity contribution in [1.29, 1.82) is 0 Å². The predicted molar refractivity (Wildman–Crippen MR) is 125 cm³/mol. The molecule has 0 unspecified atom stereocenters. The van der Waals surface area contributed by atoms with Gasteiger partial charge in [-0.05, 0) is 60.0 Å². The molecule has 7 heteroatoms. The minimum atomic E-state index is -0.547. The minimum absolute atomic E-state index is 0.150. The van der Waals surface area contributed by atoms with Gasteiger partial charge in [-0.15, -0.1) is 0 Å². The van der Waals surface area contributed by atoms with Gasteiger partial charge in [-0.2, -0.15) is 5.10 Å². The minimum Gasteiger partial charge on any atom is -0.488 e. The van der Waals surface area contributed by atoms with E-state index in [1.165, 1.54) is 0 Å². The van der Waals surface area contributed by atoms with E-state index >= 15 is 0 Å². The van der Waals surface area contributed by atoms with Crippen molar-refractivity contribution < 1.29 is 14.3 Å². The van der Waals surface area contributed by atoms with Crippen molar-refractivity contribution in [3.8, 4) is 11.4 Å². The number of carbonyl (C=O) groups is 2. The highest BCUT2D eigenvalue weighted by atomic mass is 16.5. The van der Waals surface area contributed by atoms with Crippen molar-refractivity contribution in [2.24, 2.45) is 5.73 Å². The van der Waals surface area contributed by atoms with Gasteiger partial charge in [0.05, 0.1) is 11.3 Å². The molecule has 4 rings (SSSR count). The number of carbonyl (C=O) groups excluding carboxylic acids is 2. The Hall–Kier alpha value is -4.39. The van der Waals surface area contributed by atoms with Crippen LogP contribution in [0.5, 0.6) is 5.75 Å². The van der Waals surface area contributed by atoms with E-state index in [1.54, 1.807) is 47.3 Å². The Morgan fingerprint density at radius 1 is 0.939 bits per heavy atom. The van der Waals surface area contributed by atoms with Crippen LogP contribution in [0.4, 0.5) is 0 Å². The lowest BCUT2D eigenvalue weighted by Gasteiger charge is -2.11. The molecule has 166 valence electrons. The second kappa shape index (κ2) is 10.3. The highest BCUT2D eigenvalue weighted by molar-refractivity contribution is 5.95. The topological polar surface area (TPSA) is 99.2 Å². The van der Waals surface area contributed by atoms with Crippen molar-refractivity contribution in [2.75, 3.05) is 6.54 Å². The Bertz CT molecular complexity index is 1230. The third kappa shape index (κ3) is 5.65. The number of ether oxygens (including phenoxy) is 1. The van der Waals surface area contributed by atoms with Crippen molar-refractivity contribution in [2.45, 2.75) is 13.0 Å². The van der Waals surface area contributed by atoms with Gasteiger partial charge in [0.15, 0.2) is 0 Å². The Balaban J connectivity index is 1.30. The number of nitrogens with two attached hydrogens (primary N) is 1. The van der Waals surface area contributed by atoms with Gasteiger partial charge in [0.25, 0.3) is 11.8 Å². The van der Waals surface area contributed by atoms with E-state index in [-0.39, 0.29) is 12.5 Å². The number of rotatable bonds is 9. The molecular formula is C26H24N4O3. The fourth-order valence-electron chi connectivity index (χ4n) is 3.42. The van der Waals surface area contributed by atoms with Crippen molar-refractivity contribution >= 4 is 11.8 Å². The molecule has 33 heavy (non-hydrogen) atoms. The van der Waals surface area contributed by atoms with Crippen molar-refractivity contribution in [1.82, 2.24) is 15.1 Å². The van der Waals surface area contributed by atoms with Crippen LogP contribution >= 0.6 is 0 Å². The first-order valence-electron chi connectivity index (χ1n) is 10.6. The Morgan fingerprint density at radius 3 is 2.52 bits per heavy atom. The summed E-state index contributed by atoms with van der Waals surface area (Å²) in [5, 5.41) is 7.17. The SMILES string of the molecule is NC(=O)c1ccccc1OCc1cccc(C(=O)NCCc2ccc(-n3cccn3)cc2)c1. The van der Waals surface area contributed by atoms with E-state index in [0.717, 1.165) is 23.2 Å². The Labute approximate surface area is 191 Å². The van der Waals surface area contributed by atoms with Crippen LogP contribution in [0.1, 0.15) is 31.8 Å². The largest absolute Gasteiger partial charge is 0.488 e. The zero-order valence-corrected chi connectivity index (χ0v) is 18.0. The molecule has 0 radical (unpaired) electrons. The second-order valence-corrected chi connectivity index (χ2v) is 7.47. The summed E-state index contributed by atoms with van der Waals surface area (Å²) in [6, 6.07) is 24.0. The second-order valence-electron chi connectivity index (χ2n) is 7.47. The number of hydrogen-bond donors (Lipinski definition) is 2. The third-order valence-corrected chi connectivity index (χ3v) is 5.14. The zero-order valence-electron chi connectivity index (χ0n) is 18.0. The molecule has 0 aliphatic heterocycles. The van der Waals surface area contributed by atoms with Gasteiger partial charge < -0.3 is 15.8 Å². The van der Waals surface area contributed by atoms with Gasteiger partial charge in [0, 0.05) is 24.5 Å². The lowest BCUT2D eigenvalue weighted by Crippen LogP contribution is -2.25. The van der Waals surface area contributed by atoms with Gasteiger partial charge in [-0.1, -0.05) is 36.4 Å². The number of amides is 2. The molecule has 0 saturated heterocycles. The maximum atomic E-state index is 12.6. The summed E-state index contributed by atoms with van der Waals surface area (Å²) in [7, 11) is 0. The van der Waals surface area contributed by atoms with Crippen LogP contribution in [0.2, 0.25) is 0 Å². The number of para-hydroxylation sites is 1. The van der Waals surface area contributed by atoms with Gasteiger partial charge in [-0.25, -0.2) is 4.68 Å². The fourth-order valence-corrected chi connectivity index (χ4v) is 3.42. The number of nitrogens with one attached hydrogen (secondary N) is 1. The molecule has 0 aliphatic carbocycles. The van der Waals surface area contributed by atoms with Gasteiger partial charge in [0.2, 0.25) is 0 Å².